The minimum absolute atomic E-state index is 0.0829. The van der Waals surface area contributed by atoms with Crippen LogP contribution in [0.25, 0.3) is 0 Å². The Morgan fingerprint density at radius 1 is 1.56 bits per heavy atom. The van der Waals surface area contributed by atoms with Crippen LogP contribution in [0.4, 0.5) is 5.69 Å². The Bertz CT molecular complexity index is 447. The van der Waals surface area contributed by atoms with E-state index < -0.39 is 0 Å². The maximum atomic E-state index is 11.9. The van der Waals surface area contributed by atoms with E-state index in [0.717, 1.165) is 18.5 Å². The third-order valence-corrected chi connectivity index (χ3v) is 3.31. The van der Waals surface area contributed by atoms with Gasteiger partial charge in [-0.15, -0.1) is 0 Å². The highest BCUT2D eigenvalue weighted by atomic mass is 35.5. The van der Waals surface area contributed by atoms with Gasteiger partial charge in [0, 0.05) is 18.1 Å². The molecule has 1 aliphatic carbocycles. The van der Waals surface area contributed by atoms with Crippen molar-refractivity contribution in [3.63, 3.8) is 0 Å². The molecular formula is C13H17ClN2O2. The highest BCUT2D eigenvalue weighted by molar-refractivity contribution is 6.30. The Labute approximate surface area is 112 Å². The maximum absolute atomic E-state index is 11.9. The number of nitrogens with one attached hydrogen (secondary N) is 1. The van der Waals surface area contributed by atoms with Crippen molar-refractivity contribution in [3.8, 4) is 5.75 Å². The van der Waals surface area contributed by atoms with E-state index in [1.54, 1.807) is 30.2 Å². The van der Waals surface area contributed by atoms with E-state index >= 15 is 0 Å². The Kier molecular flexibility index (Phi) is 3.97. The van der Waals surface area contributed by atoms with Gasteiger partial charge < -0.3 is 15.0 Å². The molecule has 0 bridgehead atoms. The van der Waals surface area contributed by atoms with E-state index in [-0.39, 0.29) is 12.5 Å². The van der Waals surface area contributed by atoms with E-state index in [1.807, 2.05) is 7.05 Å². The number of carbonyl (C=O) groups is 1. The van der Waals surface area contributed by atoms with Gasteiger partial charge in [0.1, 0.15) is 5.75 Å². The molecule has 1 aromatic rings. The van der Waals surface area contributed by atoms with Crippen LogP contribution in [0.3, 0.4) is 0 Å². The number of benzene rings is 1. The molecule has 1 saturated carbocycles. The van der Waals surface area contributed by atoms with Crippen LogP contribution < -0.4 is 10.1 Å². The summed E-state index contributed by atoms with van der Waals surface area (Å²) in [6.07, 6.45) is 2.23. The number of nitrogens with zero attached hydrogens (tertiary/aromatic N) is 1. The summed E-state index contributed by atoms with van der Waals surface area (Å²) < 4.78 is 5.21. The van der Waals surface area contributed by atoms with Crippen molar-refractivity contribution in [1.82, 2.24) is 4.90 Å². The zero-order chi connectivity index (χ0) is 13.1. The fourth-order valence-electron chi connectivity index (χ4n) is 1.78. The Hall–Kier alpha value is -1.42. The number of ether oxygens (including phenoxy) is 1. The molecule has 0 aromatic heterocycles. The van der Waals surface area contributed by atoms with Crippen molar-refractivity contribution in [2.45, 2.75) is 18.9 Å². The first-order valence-electron chi connectivity index (χ1n) is 5.95. The number of carbonyl (C=O) groups excluding carboxylic acids is 1. The summed E-state index contributed by atoms with van der Waals surface area (Å²) in [6, 6.07) is 5.72. The molecule has 1 amide bonds. The molecule has 98 valence electrons. The number of hydrogen-bond donors (Lipinski definition) is 1. The van der Waals surface area contributed by atoms with Gasteiger partial charge in [-0.1, -0.05) is 11.6 Å². The average Bonchev–Trinajstić information content (AvgIpc) is 3.19. The molecule has 5 heteroatoms. The molecular weight excluding hydrogens is 252 g/mol. The van der Waals surface area contributed by atoms with E-state index in [0.29, 0.717) is 16.8 Å². The standard InChI is InChI=1S/C13H17ClN2O2/c1-16(10-4-5-10)13(17)8-15-11-7-9(14)3-6-12(11)18-2/h3,6-7,10,15H,4-5,8H2,1-2H3. The molecule has 0 saturated heterocycles. The lowest BCUT2D eigenvalue weighted by molar-refractivity contribution is -0.128. The van der Waals surface area contributed by atoms with Crippen LogP contribution in [-0.4, -0.2) is 37.6 Å². The Morgan fingerprint density at radius 2 is 2.28 bits per heavy atom. The van der Waals surface area contributed by atoms with E-state index in [2.05, 4.69) is 5.32 Å². The van der Waals surface area contributed by atoms with Crippen LogP contribution in [0.1, 0.15) is 12.8 Å². The van der Waals surface area contributed by atoms with E-state index in [4.69, 9.17) is 16.3 Å². The highest BCUT2D eigenvalue weighted by Crippen LogP contribution is 2.28. The van der Waals surface area contributed by atoms with Gasteiger partial charge in [-0.05, 0) is 31.0 Å². The van der Waals surface area contributed by atoms with Crippen molar-refractivity contribution in [2.75, 3.05) is 26.0 Å². The number of likely N-dealkylation sites (N-methyl/N-ethyl adjacent to an activating group) is 1. The normalized spacial score (nSPS) is 14.2. The minimum Gasteiger partial charge on any atom is -0.495 e. The molecule has 1 fully saturated rings. The molecule has 4 nitrogen and oxygen atoms in total. The topological polar surface area (TPSA) is 41.6 Å². The Balaban J connectivity index is 1.96. The number of methoxy groups -OCH3 is 1. The first kappa shape index (κ1) is 13.0. The van der Waals surface area contributed by atoms with Gasteiger partial charge in [0.15, 0.2) is 0 Å². The predicted octanol–water partition coefficient (Wildman–Crippen LogP) is 2.38. The highest BCUT2D eigenvalue weighted by Gasteiger charge is 2.29. The lowest BCUT2D eigenvalue weighted by atomic mass is 10.3. The van der Waals surface area contributed by atoms with Crippen molar-refractivity contribution >= 4 is 23.2 Å². The van der Waals surface area contributed by atoms with Crippen molar-refractivity contribution in [1.29, 1.82) is 0 Å². The molecule has 0 unspecified atom stereocenters. The number of halogens is 1. The first-order valence-corrected chi connectivity index (χ1v) is 6.32. The predicted molar refractivity (Wildman–Crippen MR) is 72.3 cm³/mol. The molecule has 1 N–H and O–H groups in total. The summed E-state index contributed by atoms with van der Waals surface area (Å²) in [4.78, 5) is 13.7. The van der Waals surface area contributed by atoms with Crippen LogP contribution in [0.15, 0.2) is 18.2 Å². The summed E-state index contributed by atoms with van der Waals surface area (Å²) in [7, 11) is 3.43. The molecule has 0 spiro atoms. The second-order valence-corrected chi connectivity index (χ2v) is 4.87. The van der Waals surface area contributed by atoms with Crippen LogP contribution in [0.2, 0.25) is 5.02 Å². The monoisotopic (exact) mass is 268 g/mol. The molecule has 1 aromatic carbocycles. The lowest BCUT2D eigenvalue weighted by Crippen LogP contribution is -2.33. The van der Waals surface area contributed by atoms with Crippen molar-refractivity contribution in [2.24, 2.45) is 0 Å². The van der Waals surface area contributed by atoms with Gasteiger partial charge in [-0.2, -0.15) is 0 Å². The molecule has 0 radical (unpaired) electrons. The average molecular weight is 269 g/mol. The summed E-state index contributed by atoms with van der Waals surface area (Å²) in [6.45, 7) is 0.254. The summed E-state index contributed by atoms with van der Waals surface area (Å²) in [5.74, 6) is 0.765. The second kappa shape index (κ2) is 5.48. The largest absolute Gasteiger partial charge is 0.495 e. The van der Waals surface area contributed by atoms with Gasteiger partial charge >= 0.3 is 0 Å². The molecule has 0 heterocycles. The lowest BCUT2D eigenvalue weighted by Gasteiger charge is -2.17. The fourth-order valence-corrected chi connectivity index (χ4v) is 1.95. The minimum atomic E-state index is 0.0829. The van der Waals surface area contributed by atoms with Crippen LogP contribution in [0, 0.1) is 0 Å². The van der Waals surface area contributed by atoms with E-state index in [1.165, 1.54) is 0 Å². The maximum Gasteiger partial charge on any atom is 0.241 e. The fraction of sp³-hybridized carbons (Fsp3) is 0.462. The third-order valence-electron chi connectivity index (χ3n) is 3.08. The molecule has 18 heavy (non-hydrogen) atoms. The number of amides is 1. The van der Waals surface area contributed by atoms with Gasteiger partial charge in [0.2, 0.25) is 5.91 Å². The van der Waals surface area contributed by atoms with E-state index in [9.17, 15) is 4.79 Å². The number of hydrogen-bond acceptors (Lipinski definition) is 3. The smallest absolute Gasteiger partial charge is 0.241 e. The van der Waals surface area contributed by atoms with Gasteiger partial charge in [-0.3, -0.25) is 4.79 Å². The summed E-state index contributed by atoms with van der Waals surface area (Å²) >= 11 is 5.92. The van der Waals surface area contributed by atoms with Crippen molar-refractivity contribution < 1.29 is 9.53 Å². The second-order valence-electron chi connectivity index (χ2n) is 4.43. The number of rotatable bonds is 5. The zero-order valence-corrected chi connectivity index (χ0v) is 11.3. The van der Waals surface area contributed by atoms with Crippen LogP contribution in [-0.2, 0) is 4.79 Å². The third kappa shape index (κ3) is 3.07. The van der Waals surface area contributed by atoms with Crippen LogP contribution >= 0.6 is 11.6 Å². The zero-order valence-electron chi connectivity index (χ0n) is 10.6. The van der Waals surface area contributed by atoms with Crippen LogP contribution in [0.5, 0.6) is 5.75 Å². The Morgan fingerprint density at radius 3 is 2.89 bits per heavy atom. The SMILES string of the molecule is COc1ccc(Cl)cc1NCC(=O)N(C)C1CC1. The molecule has 2 rings (SSSR count). The van der Waals surface area contributed by atoms with Gasteiger partial charge in [-0.25, -0.2) is 0 Å². The van der Waals surface area contributed by atoms with Gasteiger partial charge in [0.25, 0.3) is 0 Å². The molecule has 1 aliphatic rings. The summed E-state index contributed by atoms with van der Waals surface area (Å²) in [5, 5.41) is 3.68. The molecule has 0 aliphatic heterocycles. The van der Waals surface area contributed by atoms with Gasteiger partial charge in [0.05, 0.1) is 19.3 Å². The van der Waals surface area contributed by atoms with Crippen molar-refractivity contribution in [3.05, 3.63) is 23.2 Å². The molecule has 0 atom stereocenters. The first-order chi connectivity index (χ1) is 8.61. The quantitative estimate of drug-likeness (QED) is 0.892. The number of anilines is 1. The summed E-state index contributed by atoms with van der Waals surface area (Å²) in [5.41, 5.74) is 0.738.